The molecule has 1 aliphatic carbocycles. The highest BCUT2D eigenvalue weighted by Crippen LogP contribution is 2.26. The van der Waals surface area contributed by atoms with Crippen LogP contribution in [0.3, 0.4) is 0 Å². The number of carbonyl (C=O) groups is 1. The van der Waals surface area contributed by atoms with Crippen LogP contribution in [0, 0.1) is 0 Å². The molecular formula is C12H21N5O. The Morgan fingerprint density at radius 2 is 2.39 bits per heavy atom. The van der Waals surface area contributed by atoms with E-state index >= 15 is 0 Å². The van der Waals surface area contributed by atoms with Gasteiger partial charge in [0.25, 0.3) is 0 Å². The minimum absolute atomic E-state index is 0.223. The molecule has 1 aliphatic rings. The highest BCUT2D eigenvalue weighted by atomic mass is 16.2. The lowest BCUT2D eigenvalue weighted by Crippen LogP contribution is -2.39. The zero-order valence-electron chi connectivity index (χ0n) is 10.9. The minimum atomic E-state index is 0.223. The van der Waals surface area contributed by atoms with E-state index in [0.29, 0.717) is 12.6 Å². The summed E-state index contributed by atoms with van der Waals surface area (Å²) < 4.78 is 1.80. The van der Waals surface area contributed by atoms with Crippen LogP contribution in [-0.4, -0.2) is 51.5 Å². The summed E-state index contributed by atoms with van der Waals surface area (Å²) in [7, 11) is 0. The molecule has 0 aliphatic heterocycles. The van der Waals surface area contributed by atoms with Crippen LogP contribution < -0.4 is 5.32 Å². The quantitative estimate of drug-likeness (QED) is 0.674. The van der Waals surface area contributed by atoms with Crippen LogP contribution in [-0.2, 0) is 11.3 Å². The third kappa shape index (κ3) is 3.80. The lowest BCUT2D eigenvalue weighted by atomic mass is 10.4. The Morgan fingerprint density at radius 3 is 3.00 bits per heavy atom. The highest BCUT2D eigenvalue weighted by molar-refractivity contribution is 5.78. The number of likely N-dealkylation sites (N-methyl/N-ethyl adjacent to an activating group) is 1. The largest absolute Gasteiger partial charge is 0.339 e. The van der Waals surface area contributed by atoms with Crippen molar-refractivity contribution < 1.29 is 4.79 Å². The molecule has 1 heterocycles. The molecular weight excluding hydrogens is 230 g/mol. The van der Waals surface area contributed by atoms with Crippen LogP contribution in [0.5, 0.6) is 0 Å². The number of aromatic nitrogens is 3. The molecule has 1 amide bonds. The molecule has 1 fully saturated rings. The Kier molecular flexibility index (Phi) is 4.69. The van der Waals surface area contributed by atoms with Crippen molar-refractivity contribution in [1.29, 1.82) is 0 Å². The molecule has 0 spiro atoms. The van der Waals surface area contributed by atoms with E-state index in [1.807, 2.05) is 18.0 Å². The summed E-state index contributed by atoms with van der Waals surface area (Å²) in [6.07, 6.45) is 6.81. The van der Waals surface area contributed by atoms with E-state index in [0.717, 1.165) is 26.1 Å². The average molecular weight is 251 g/mol. The van der Waals surface area contributed by atoms with Crippen LogP contribution in [0.1, 0.15) is 26.2 Å². The zero-order valence-corrected chi connectivity index (χ0v) is 10.9. The predicted molar refractivity (Wildman–Crippen MR) is 67.9 cm³/mol. The van der Waals surface area contributed by atoms with Crippen LogP contribution in [0.15, 0.2) is 12.4 Å². The van der Waals surface area contributed by atoms with Crippen molar-refractivity contribution >= 4 is 5.91 Å². The van der Waals surface area contributed by atoms with Gasteiger partial charge in [-0.1, -0.05) is 5.21 Å². The normalized spacial score (nSPS) is 14.7. The van der Waals surface area contributed by atoms with Gasteiger partial charge in [-0.05, 0) is 32.7 Å². The molecule has 0 radical (unpaired) electrons. The molecule has 1 aromatic rings. The van der Waals surface area contributed by atoms with E-state index in [1.54, 1.807) is 10.9 Å². The Labute approximate surface area is 107 Å². The molecule has 100 valence electrons. The van der Waals surface area contributed by atoms with E-state index in [9.17, 15) is 4.79 Å². The second-order valence-electron chi connectivity index (χ2n) is 4.61. The first-order chi connectivity index (χ1) is 8.81. The molecule has 6 nitrogen and oxygen atoms in total. The average Bonchev–Trinajstić information content (AvgIpc) is 3.06. The summed E-state index contributed by atoms with van der Waals surface area (Å²) in [4.78, 5) is 13.9. The number of rotatable bonds is 8. The van der Waals surface area contributed by atoms with E-state index in [2.05, 4.69) is 15.6 Å². The van der Waals surface area contributed by atoms with Gasteiger partial charge in [0.05, 0.1) is 12.7 Å². The first kappa shape index (κ1) is 13.0. The van der Waals surface area contributed by atoms with Crippen LogP contribution >= 0.6 is 0 Å². The first-order valence-corrected chi connectivity index (χ1v) is 6.65. The lowest BCUT2D eigenvalue weighted by molar-refractivity contribution is -0.130. The number of hydrogen-bond acceptors (Lipinski definition) is 4. The summed E-state index contributed by atoms with van der Waals surface area (Å²) in [6.45, 7) is 4.97. The lowest BCUT2D eigenvalue weighted by Gasteiger charge is -2.20. The summed E-state index contributed by atoms with van der Waals surface area (Å²) >= 11 is 0. The van der Waals surface area contributed by atoms with Crippen molar-refractivity contribution in [1.82, 2.24) is 25.2 Å². The molecule has 0 bridgehead atoms. The summed E-state index contributed by atoms with van der Waals surface area (Å²) in [5, 5.41) is 10.8. The monoisotopic (exact) mass is 251 g/mol. The smallest absolute Gasteiger partial charge is 0.236 e. The fraction of sp³-hybridized carbons (Fsp3) is 0.750. The second kappa shape index (κ2) is 6.49. The fourth-order valence-electron chi connectivity index (χ4n) is 2.04. The number of amides is 1. The van der Waals surface area contributed by atoms with Crippen molar-refractivity contribution in [3.8, 4) is 0 Å². The molecule has 1 N–H and O–H groups in total. The molecule has 18 heavy (non-hydrogen) atoms. The molecule has 0 atom stereocenters. The summed E-state index contributed by atoms with van der Waals surface area (Å²) in [5.41, 5.74) is 0. The van der Waals surface area contributed by atoms with Crippen molar-refractivity contribution in [2.75, 3.05) is 19.6 Å². The Bertz CT molecular complexity index is 361. The minimum Gasteiger partial charge on any atom is -0.339 e. The van der Waals surface area contributed by atoms with Gasteiger partial charge in [-0.2, -0.15) is 0 Å². The maximum absolute atomic E-state index is 11.9. The van der Waals surface area contributed by atoms with E-state index < -0.39 is 0 Å². The fourth-order valence-corrected chi connectivity index (χ4v) is 2.04. The van der Waals surface area contributed by atoms with Gasteiger partial charge in [0.1, 0.15) is 0 Å². The SMILES string of the molecule is CCN(C(=O)CNCCCn1ccnn1)C1CC1. The summed E-state index contributed by atoms with van der Waals surface area (Å²) in [6, 6.07) is 0.513. The molecule has 0 unspecified atom stereocenters. The Morgan fingerprint density at radius 1 is 1.56 bits per heavy atom. The second-order valence-corrected chi connectivity index (χ2v) is 4.61. The number of hydrogen-bond donors (Lipinski definition) is 1. The maximum atomic E-state index is 11.9. The maximum Gasteiger partial charge on any atom is 0.236 e. The summed E-state index contributed by atoms with van der Waals surface area (Å²) in [5.74, 6) is 0.223. The van der Waals surface area contributed by atoms with Gasteiger partial charge in [0, 0.05) is 25.3 Å². The number of nitrogens with one attached hydrogen (secondary N) is 1. The predicted octanol–water partition coefficient (Wildman–Crippen LogP) is 0.269. The van der Waals surface area contributed by atoms with Crippen LogP contribution in [0.4, 0.5) is 0 Å². The van der Waals surface area contributed by atoms with Crippen LogP contribution in [0.25, 0.3) is 0 Å². The molecule has 1 aromatic heterocycles. The standard InChI is InChI=1S/C12H21N5O/c1-2-17(11-4-5-11)12(18)10-13-6-3-8-16-9-7-14-15-16/h7,9,11,13H,2-6,8,10H2,1H3. The van der Waals surface area contributed by atoms with Gasteiger partial charge >= 0.3 is 0 Å². The van der Waals surface area contributed by atoms with Gasteiger partial charge in [-0.15, -0.1) is 5.10 Å². The van der Waals surface area contributed by atoms with E-state index in [4.69, 9.17) is 0 Å². The van der Waals surface area contributed by atoms with Gasteiger partial charge in [-0.3, -0.25) is 9.48 Å². The van der Waals surface area contributed by atoms with Gasteiger partial charge < -0.3 is 10.2 Å². The van der Waals surface area contributed by atoms with Crippen molar-refractivity contribution in [3.05, 3.63) is 12.4 Å². The molecule has 2 rings (SSSR count). The van der Waals surface area contributed by atoms with E-state index in [1.165, 1.54) is 12.8 Å². The number of aryl methyl sites for hydroxylation is 1. The molecule has 0 aromatic carbocycles. The van der Waals surface area contributed by atoms with Crippen molar-refractivity contribution in [3.63, 3.8) is 0 Å². The van der Waals surface area contributed by atoms with E-state index in [-0.39, 0.29) is 5.91 Å². The third-order valence-corrected chi connectivity index (χ3v) is 3.14. The zero-order chi connectivity index (χ0) is 12.8. The topological polar surface area (TPSA) is 63.1 Å². The number of carbonyl (C=O) groups excluding carboxylic acids is 1. The first-order valence-electron chi connectivity index (χ1n) is 6.65. The molecule has 0 saturated heterocycles. The van der Waals surface area contributed by atoms with Crippen LogP contribution in [0.2, 0.25) is 0 Å². The highest BCUT2D eigenvalue weighted by Gasteiger charge is 2.30. The third-order valence-electron chi connectivity index (χ3n) is 3.14. The number of nitrogens with zero attached hydrogens (tertiary/aromatic N) is 4. The Hall–Kier alpha value is -1.43. The van der Waals surface area contributed by atoms with Gasteiger partial charge in [-0.25, -0.2) is 0 Å². The molecule has 6 heteroatoms. The van der Waals surface area contributed by atoms with Gasteiger partial charge in [0.2, 0.25) is 5.91 Å². The van der Waals surface area contributed by atoms with Crippen molar-refractivity contribution in [2.24, 2.45) is 0 Å². The Balaban J connectivity index is 1.55. The van der Waals surface area contributed by atoms with Crippen molar-refractivity contribution in [2.45, 2.75) is 38.8 Å². The molecule has 1 saturated carbocycles. The van der Waals surface area contributed by atoms with Gasteiger partial charge in [0.15, 0.2) is 0 Å².